The van der Waals surface area contributed by atoms with Crippen LogP contribution in [-0.4, -0.2) is 77.8 Å². The third-order valence-electron chi connectivity index (χ3n) is 4.73. The van der Waals surface area contributed by atoms with Crippen LogP contribution in [0.5, 0.6) is 5.75 Å². The maximum Gasteiger partial charge on any atom is 0.290 e. The fourth-order valence-electron chi connectivity index (χ4n) is 3.53. The van der Waals surface area contributed by atoms with Crippen LogP contribution in [0, 0.1) is 5.82 Å². The molecule has 1 aromatic rings. The van der Waals surface area contributed by atoms with Gasteiger partial charge in [0.2, 0.25) is 0 Å². The lowest BCUT2D eigenvalue weighted by molar-refractivity contribution is -0.122. The third-order valence-corrected chi connectivity index (χ3v) is 4.73. The molecule has 1 atom stereocenters. The lowest BCUT2D eigenvalue weighted by Crippen LogP contribution is -2.45. The summed E-state index contributed by atoms with van der Waals surface area (Å²) in [5, 5.41) is 17.6. The number of carbonyl (C=O) groups is 2. The first-order chi connectivity index (χ1) is 12.4. The van der Waals surface area contributed by atoms with Crippen LogP contribution in [0.2, 0.25) is 0 Å². The van der Waals surface area contributed by atoms with E-state index in [1.54, 1.807) is 4.90 Å². The van der Waals surface area contributed by atoms with Crippen LogP contribution in [0.3, 0.4) is 0 Å². The minimum Gasteiger partial charge on any atom is -0.496 e. The second kappa shape index (κ2) is 8.95. The Morgan fingerprint density at radius 1 is 1.35 bits per heavy atom. The molecular formula is C18H25FN2O5. The number of hydrogen-bond donors (Lipinski definition) is 2. The number of benzene rings is 1. The summed E-state index contributed by atoms with van der Waals surface area (Å²) in [6.45, 7) is 3.11. The molecule has 1 aromatic carbocycles. The van der Waals surface area contributed by atoms with Gasteiger partial charge in [0.25, 0.3) is 12.4 Å². The standard InChI is InChI=1S/C17H23FN2O3.CH2O2/c1-23-15-5-4-13(18)10-14(15)16(21)20-9-6-17(22,12-20)11-19-7-2-3-8-19;2-1-3/h4-5,10,22H,2-3,6-9,11-12H2,1H3;1H,(H,2,3). The van der Waals surface area contributed by atoms with E-state index in [0.29, 0.717) is 25.3 Å². The molecular weight excluding hydrogens is 343 g/mol. The average Bonchev–Trinajstić information content (AvgIpc) is 3.25. The number of methoxy groups -OCH3 is 1. The van der Waals surface area contributed by atoms with Gasteiger partial charge in [0.15, 0.2) is 0 Å². The molecule has 2 aliphatic rings. The highest BCUT2D eigenvalue weighted by Crippen LogP contribution is 2.28. The Balaban J connectivity index is 0.000000758. The molecule has 2 N–H and O–H groups in total. The van der Waals surface area contributed by atoms with Gasteiger partial charge in [0, 0.05) is 13.1 Å². The number of halogens is 1. The van der Waals surface area contributed by atoms with Gasteiger partial charge in [-0.05, 0) is 50.6 Å². The first-order valence-corrected chi connectivity index (χ1v) is 8.58. The van der Waals surface area contributed by atoms with Crippen molar-refractivity contribution in [2.75, 3.05) is 39.8 Å². The van der Waals surface area contributed by atoms with Gasteiger partial charge in [0.1, 0.15) is 11.6 Å². The van der Waals surface area contributed by atoms with Crippen molar-refractivity contribution < 1.29 is 28.9 Å². The SMILES string of the molecule is COc1ccc(F)cc1C(=O)N1CCC(O)(CN2CCCC2)C1.O=CO. The summed E-state index contributed by atoms with van der Waals surface area (Å²) in [7, 11) is 1.46. The van der Waals surface area contributed by atoms with E-state index in [1.165, 1.54) is 38.2 Å². The zero-order valence-electron chi connectivity index (χ0n) is 14.9. The first kappa shape index (κ1) is 20.1. The predicted molar refractivity (Wildman–Crippen MR) is 92.8 cm³/mol. The van der Waals surface area contributed by atoms with Crippen LogP contribution < -0.4 is 4.74 Å². The van der Waals surface area contributed by atoms with Crippen LogP contribution in [-0.2, 0) is 4.79 Å². The highest BCUT2D eigenvalue weighted by Gasteiger charge is 2.40. The highest BCUT2D eigenvalue weighted by molar-refractivity contribution is 5.97. The normalized spacial score (nSPS) is 22.7. The molecule has 0 radical (unpaired) electrons. The largest absolute Gasteiger partial charge is 0.496 e. The van der Waals surface area contributed by atoms with Gasteiger partial charge in [-0.15, -0.1) is 0 Å². The number of β-amino-alcohol motifs (C(OH)–C–C–N with tert-alkyl or cyclic N) is 1. The summed E-state index contributed by atoms with van der Waals surface area (Å²) in [4.78, 5) is 24.9. The van der Waals surface area contributed by atoms with Crippen molar-refractivity contribution in [3.05, 3.63) is 29.6 Å². The predicted octanol–water partition coefficient (Wildman–Crippen LogP) is 1.21. The monoisotopic (exact) mass is 368 g/mol. The topological polar surface area (TPSA) is 90.3 Å². The van der Waals surface area contributed by atoms with E-state index < -0.39 is 11.4 Å². The Hall–Kier alpha value is -2.19. The van der Waals surface area contributed by atoms with Crippen LogP contribution in [0.4, 0.5) is 4.39 Å². The quantitative estimate of drug-likeness (QED) is 0.777. The van der Waals surface area contributed by atoms with Gasteiger partial charge in [-0.3, -0.25) is 9.59 Å². The number of likely N-dealkylation sites (tertiary alicyclic amines) is 2. The van der Waals surface area contributed by atoms with Gasteiger partial charge in [-0.2, -0.15) is 0 Å². The van der Waals surface area contributed by atoms with Crippen LogP contribution in [0.25, 0.3) is 0 Å². The Morgan fingerprint density at radius 3 is 2.62 bits per heavy atom. The van der Waals surface area contributed by atoms with E-state index >= 15 is 0 Å². The summed E-state index contributed by atoms with van der Waals surface area (Å²) >= 11 is 0. The summed E-state index contributed by atoms with van der Waals surface area (Å²) in [5.41, 5.74) is -0.668. The van der Waals surface area contributed by atoms with E-state index in [4.69, 9.17) is 14.6 Å². The summed E-state index contributed by atoms with van der Waals surface area (Å²) in [6, 6.07) is 3.91. The molecule has 2 heterocycles. The molecule has 0 spiro atoms. The Labute approximate surface area is 152 Å². The molecule has 26 heavy (non-hydrogen) atoms. The lowest BCUT2D eigenvalue weighted by atomic mass is 10.0. The first-order valence-electron chi connectivity index (χ1n) is 8.58. The van der Waals surface area contributed by atoms with Gasteiger partial charge in [-0.1, -0.05) is 0 Å². The Morgan fingerprint density at radius 2 is 2.00 bits per heavy atom. The van der Waals surface area contributed by atoms with Crippen LogP contribution in [0.15, 0.2) is 18.2 Å². The minimum atomic E-state index is -0.874. The maximum atomic E-state index is 13.5. The van der Waals surface area contributed by atoms with Gasteiger partial charge in [-0.25, -0.2) is 4.39 Å². The Bertz CT molecular complexity index is 636. The van der Waals surface area contributed by atoms with Crippen molar-refractivity contribution in [2.24, 2.45) is 0 Å². The minimum absolute atomic E-state index is 0.206. The zero-order valence-corrected chi connectivity index (χ0v) is 14.9. The summed E-state index contributed by atoms with van der Waals surface area (Å²) in [5.74, 6) is -0.411. The number of carboxylic acid groups (broad SMARTS) is 1. The van der Waals surface area contributed by atoms with E-state index in [0.717, 1.165) is 13.1 Å². The fourth-order valence-corrected chi connectivity index (χ4v) is 3.53. The van der Waals surface area contributed by atoms with Gasteiger partial charge >= 0.3 is 0 Å². The number of ether oxygens (including phenoxy) is 1. The van der Waals surface area contributed by atoms with Crippen molar-refractivity contribution in [2.45, 2.75) is 24.9 Å². The lowest BCUT2D eigenvalue weighted by Gasteiger charge is -2.28. The van der Waals surface area contributed by atoms with Gasteiger partial charge in [0.05, 0.1) is 24.8 Å². The number of amides is 1. The number of aliphatic hydroxyl groups is 1. The summed E-state index contributed by atoms with van der Waals surface area (Å²) in [6.07, 6.45) is 2.88. The molecule has 2 fully saturated rings. The smallest absolute Gasteiger partial charge is 0.290 e. The number of carbonyl (C=O) groups excluding carboxylic acids is 1. The molecule has 7 nitrogen and oxygen atoms in total. The molecule has 8 heteroatoms. The molecule has 2 saturated heterocycles. The van der Waals surface area contributed by atoms with E-state index in [1.807, 2.05) is 0 Å². The van der Waals surface area contributed by atoms with Crippen molar-refractivity contribution >= 4 is 12.4 Å². The second-order valence-corrected chi connectivity index (χ2v) is 6.63. The number of rotatable bonds is 4. The van der Waals surface area contributed by atoms with Crippen molar-refractivity contribution in [3.63, 3.8) is 0 Å². The average molecular weight is 368 g/mol. The molecule has 0 aliphatic carbocycles. The van der Waals surface area contributed by atoms with Crippen molar-refractivity contribution in [1.82, 2.24) is 9.80 Å². The van der Waals surface area contributed by atoms with E-state index in [9.17, 15) is 14.3 Å². The molecule has 144 valence electrons. The molecule has 1 unspecified atom stereocenters. The second-order valence-electron chi connectivity index (χ2n) is 6.63. The van der Waals surface area contributed by atoms with Crippen molar-refractivity contribution in [3.8, 4) is 5.75 Å². The zero-order chi connectivity index (χ0) is 19.2. The van der Waals surface area contributed by atoms with E-state index in [-0.39, 0.29) is 24.5 Å². The van der Waals surface area contributed by atoms with Crippen LogP contribution >= 0.6 is 0 Å². The molecule has 0 bridgehead atoms. The highest BCUT2D eigenvalue weighted by atomic mass is 19.1. The van der Waals surface area contributed by atoms with E-state index in [2.05, 4.69) is 4.90 Å². The molecule has 2 aliphatic heterocycles. The molecule has 3 rings (SSSR count). The number of nitrogens with zero attached hydrogens (tertiary/aromatic N) is 2. The van der Waals surface area contributed by atoms with Crippen molar-refractivity contribution in [1.29, 1.82) is 0 Å². The maximum absolute atomic E-state index is 13.5. The fraction of sp³-hybridized carbons (Fsp3) is 0.556. The molecule has 0 saturated carbocycles. The third kappa shape index (κ3) is 4.92. The Kier molecular flexibility index (Phi) is 6.93. The number of hydrogen-bond acceptors (Lipinski definition) is 5. The van der Waals surface area contributed by atoms with Crippen LogP contribution in [0.1, 0.15) is 29.6 Å². The summed E-state index contributed by atoms with van der Waals surface area (Å²) < 4.78 is 18.6. The van der Waals surface area contributed by atoms with Gasteiger partial charge < -0.3 is 24.7 Å². The molecule has 0 aromatic heterocycles. The molecule has 1 amide bonds.